The standard InChI is InChI=1S/C12H18O12S/c1-5(13)21-9-8(4-20-25(17,18)19)24-12(16)11(23-7(3)15)10(9)22-6(2)14/h8-12,16H,4H2,1-3H3,(H,17,18,19)/t8-,9-,10+,11-,12+/m1/s1. The molecule has 1 aliphatic rings. The van der Waals surface area contributed by atoms with E-state index in [-0.39, 0.29) is 0 Å². The minimum Gasteiger partial charge on any atom is -0.456 e. The van der Waals surface area contributed by atoms with Gasteiger partial charge in [0.05, 0.1) is 6.61 Å². The highest BCUT2D eigenvalue weighted by Gasteiger charge is 2.51. The minimum absolute atomic E-state index is 0.848. The first-order valence-electron chi connectivity index (χ1n) is 6.87. The molecule has 1 saturated heterocycles. The molecule has 12 nitrogen and oxygen atoms in total. The molecule has 1 aliphatic heterocycles. The summed E-state index contributed by atoms with van der Waals surface area (Å²) < 4.78 is 54.0. The van der Waals surface area contributed by atoms with Crippen LogP contribution in [0.4, 0.5) is 0 Å². The molecule has 25 heavy (non-hydrogen) atoms. The van der Waals surface area contributed by atoms with Crippen molar-refractivity contribution in [2.75, 3.05) is 6.61 Å². The van der Waals surface area contributed by atoms with E-state index in [0.717, 1.165) is 20.8 Å². The van der Waals surface area contributed by atoms with Crippen LogP contribution < -0.4 is 0 Å². The molecule has 0 aliphatic carbocycles. The molecular formula is C12H18O12S. The molecule has 0 aromatic heterocycles. The molecule has 2 N–H and O–H groups in total. The van der Waals surface area contributed by atoms with Crippen molar-refractivity contribution in [3.05, 3.63) is 0 Å². The lowest BCUT2D eigenvalue weighted by Crippen LogP contribution is -2.62. The lowest BCUT2D eigenvalue weighted by molar-refractivity contribution is -0.294. The maximum absolute atomic E-state index is 11.3. The predicted molar refractivity (Wildman–Crippen MR) is 75.0 cm³/mol. The van der Waals surface area contributed by atoms with Gasteiger partial charge in [-0.2, -0.15) is 8.42 Å². The first-order chi connectivity index (χ1) is 11.4. The topological polar surface area (TPSA) is 172 Å². The number of hydrogen-bond donors (Lipinski definition) is 2. The maximum atomic E-state index is 11.3. The van der Waals surface area contributed by atoms with E-state index in [9.17, 15) is 27.9 Å². The van der Waals surface area contributed by atoms with Gasteiger partial charge in [-0.1, -0.05) is 0 Å². The number of carbonyl (C=O) groups is 3. The van der Waals surface area contributed by atoms with E-state index in [1.165, 1.54) is 0 Å². The first-order valence-corrected chi connectivity index (χ1v) is 8.24. The summed E-state index contributed by atoms with van der Waals surface area (Å²) in [5.41, 5.74) is 0. The minimum atomic E-state index is -4.86. The summed E-state index contributed by atoms with van der Waals surface area (Å²) in [6.07, 6.45) is -7.86. The predicted octanol–water partition coefficient (Wildman–Crippen LogP) is -1.68. The Morgan fingerprint density at radius 1 is 0.920 bits per heavy atom. The van der Waals surface area contributed by atoms with Gasteiger partial charge in [-0.05, 0) is 0 Å². The van der Waals surface area contributed by atoms with Crippen LogP contribution in [0.3, 0.4) is 0 Å². The Morgan fingerprint density at radius 2 is 1.36 bits per heavy atom. The number of carbonyl (C=O) groups excluding carboxylic acids is 3. The van der Waals surface area contributed by atoms with Crippen LogP contribution in [0.15, 0.2) is 0 Å². The van der Waals surface area contributed by atoms with Crippen molar-refractivity contribution in [1.82, 2.24) is 0 Å². The molecule has 13 heteroatoms. The van der Waals surface area contributed by atoms with Gasteiger partial charge in [0.15, 0.2) is 24.6 Å². The third-order valence-corrected chi connectivity index (χ3v) is 3.33. The average Bonchev–Trinajstić information content (AvgIpc) is 2.41. The summed E-state index contributed by atoms with van der Waals surface area (Å²) in [6, 6.07) is 0. The van der Waals surface area contributed by atoms with Gasteiger partial charge in [-0.3, -0.25) is 18.9 Å². The lowest BCUT2D eigenvalue weighted by atomic mass is 9.98. The van der Waals surface area contributed by atoms with Gasteiger partial charge in [0.1, 0.15) is 6.10 Å². The lowest BCUT2D eigenvalue weighted by Gasteiger charge is -2.42. The van der Waals surface area contributed by atoms with Crippen LogP contribution in [0, 0.1) is 0 Å². The van der Waals surface area contributed by atoms with E-state index in [2.05, 4.69) is 4.18 Å². The van der Waals surface area contributed by atoms with E-state index >= 15 is 0 Å². The maximum Gasteiger partial charge on any atom is 0.397 e. The van der Waals surface area contributed by atoms with Crippen molar-refractivity contribution >= 4 is 28.3 Å². The van der Waals surface area contributed by atoms with Gasteiger partial charge in [0.2, 0.25) is 0 Å². The molecule has 0 unspecified atom stereocenters. The van der Waals surface area contributed by atoms with Crippen molar-refractivity contribution in [2.24, 2.45) is 0 Å². The molecule has 0 aromatic carbocycles. The number of hydrogen-bond acceptors (Lipinski definition) is 11. The molecule has 0 bridgehead atoms. The summed E-state index contributed by atoms with van der Waals surface area (Å²) in [6.45, 7) is 2.17. The van der Waals surface area contributed by atoms with E-state index in [1.54, 1.807) is 0 Å². The summed E-state index contributed by atoms with van der Waals surface area (Å²) in [7, 11) is -4.86. The van der Waals surface area contributed by atoms with Crippen LogP contribution >= 0.6 is 0 Å². The molecule has 0 saturated carbocycles. The largest absolute Gasteiger partial charge is 0.456 e. The van der Waals surface area contributed by atoms with Crippen LogP contribution in [-0.2, 0) is 47.9 Å². The normalized spacial score (nSPS) is 29.6. The molecule has 5 atom stereocenters. The Labute approximate surface area is 142 Å². The number of ether oxygens (including phenoxy) is 4. The molecule has 1 fully saturated rings. The molecule has 1 rings (SSSR count). The second-order valence-electron chi connectivity index (χ2n) is 5.00. The van der Waals surface area contributed by atoms with E-state index in [4.69, 9.17) is 23.5 Å². The summed E-state index contributed by atoms with van der Waals surface area (Å²) in [5.74, 6) is -2.57. The Balaban J connectivity index is 3.15. The van der Waals surface area contributed by atoms with Crippen LogP contribution in [0.25, 0.3) is 0 Å². The van der Waals surface area contributed by atoms with Gasteiger partial charge in [0.25, 0.3) is 0 Å². The smallest absolute Gasteiger partial charge is 0.397 e. The molecule has 0 amide bonds. The number of rotatable bonds is 6. The zero-order valence-corrected chi connectivity index (χ0v) is 14.3. The third-order valence-electron chi connectivity index (χ3n) is 2.90. The summed E-state index contributed by atoms with van der Waals surface area (Å²) in [5, 5.41) is 9.95. The van der Waals surface area contributed by atoms with Crippen LogP contribution in [0.1, 0.15) is 20.8 Å². The van der Waals surface area contributed by atoms with E-state index < -0.39 is 65.6 Å². The Morgan fingerprint density at radius 3 is 1.80 bits per heavy atom. The van der Waals surface area contributed by atoms with Crippen molar-refractivity contribution in [3.8, 4) is 0 Å². The molecule has 0 radical (unpaired) electrons. The number of esters is 3. The Bertz CT molecular complexity index is 614. The fourth-order valence-corrected chi connectivity index (χ4v) is 2.47. The monoisotopic (exact) mass is 386 g/mol. The van der Waals surface area contributed by atoms with Crippen molar-refractivity contribution in [3.63, 3.8) is 0 Å². The molecular weight excluding hydrogens is 368 g/mol. The van der Waals surface area contributed by atoms with Crippen molar-refractivity contribution < 1.29 is 55.6 Å². The number of aliphatic hydroxyl groups excluding tert-OH is 1. The van der Waals surface area contributed by atoms with Crippen molar-refractivity contribution in [2.45, 2.75) is 51.5 Å². The average molecular weight is 386 g/mol. The zero-order valence-electron chi connectivity index (χ0n) is 13.5. The van der Waals surface area contributed by atoms with Crippen LogP contribution in [0.5, 0.6) is 0 Å². The summed E-state index contributed by atoms with van der Waals surface area (Å²) in [4.78, 5) is 33.8. The van der Waals surface area contributed by atoms with E-state index in [0.29, 0.717) is 0 Å². The highest BCUT2D eigenvalue weighted by Crippen LogP contribution is 2.28. The number of aliphatic hydroxyl groups is 1. The second-order valence-corrected chi connectivity index (χ2v) is 6.09. The second kappa shape index (κ2) is 8.53. The van der Waals surface area contributed by atoms with Crippen LogP contribution in [0.2, 0.25) is 0 Å². The fourth-order valence-electron chi connectivity index (χ4n) is 2.16. The fraction of sp³-hybridized carbons (Fsp3) is 0.750. The molecule has 0 aromatic rings. The van der Waals surface area contributed by atoms with E-state index in [1.807, 2.05) is 0 Å². The van der Waals surface area contributed by atoms with Gasteiger partial charge >= 0.3 is 28.3 Å². The van der Waals surface area contributed by atoms with Gasteiger partial charge in [-0.25, -0.2) is 4.18 Å². The highest BCUT2D eigenvalue weighted by molar-refractivity contribution is 7.80. The van der Waals surface area contributed by atoms with Gasteiger partial charge in [0, 0.05) is 20.8 Å². The molecule has 0 spiro atoms. The molecule has 1 heterocycles. The van der Waals surface area contributed by atoms with Crippen molar-refractivity contribution in [1.29, 1.82) is 0 Å². The summed E-state index contributed by atoms with van der Waals surface area (Å²) >= 11 is 0. The third kappa shape index (κ3) is 6.91. The van der Waals surface area contributed by atoms with Gasteiger partial charge < -0.3 is 24.1 Å². The zero-order chi connectivity index (χ0) is 19.4. The Hall–Kier alpha value is -1.80. The first kappa shape index (κ1) is 21.2. The highest BCUT2D eigenvalue weighted by atomic mass is 32.3. The van der Waals surface area contributed by atoms with Gasteiger partial charge in [-0.15, -0.1) is 0 Å². The Kier molecular flexibility index (Phi) is 7.25. The quantitative estimate of drug-likeness (QED) is 0.302. The SMILES string of the molecule is CC(=O)O[C@@H]1[C@@H](OC(C)=O)[C@@H](O)O[C@H](COS(=O)(=O)O)[C@H]1OC(C)=O. The molecule has 144 valence electrons. The van der Waals surface area contributed by atoms with Crippen LogP contribution in [-0.4, -0.2) is 73.3 Å².